The minimum Gasteiger partial charge on any atom is -0.264 e. The van der Waals surface area contributed by atoms with Crippen LogP contribution >= 0.6 is 0 Å². The second-order valence-corrected chi connectivity index (χ2v) is 12.4. The molecule has 9 aromatic rings. The van der Waals surface area contributed by atoms with Gasteiger partial charge in [0.15, 0.2) is 5.82 Å². The SMILES string of the molecule is c1cncc(-c2ccc(-c3cc(-c4ccc(-c5cccnc5)cc4)nc(-c4ccc(-c5cc6ccccc6c6ccccc56)cc4)n3)cc2)c1. The maximum absolute atomic E-state index is 5.13. The molecule has 0 unspecified atom stereocenters. The van der Waals surface area contributed by atoms with Gasteiger partial charge in [-0.3, -0.25) is 9.97 Å². The van der Waals surface area contributed by atoms with Crippen molar-refractivity contribution in [2.75, 3.05) is 0 Å². The van der Waals surface area contributed by atoms with Crippen LogP contribution in [0.3, 0.4) is 0 Å². The van der Waals surface area contributed by atoms with Crippen molar-refractivity contribution in [1.29, 1.82) is 0 Å². The van der Waals surface area contributed by atoms with E-state index in [0.717, 1.165) is 55.9 Å². The summed E-state index contributed by atoms with van der Waals surface area (Å²) in [6.07, 6.45) is 7.36. The summed E-state index contributed by atoms with van der Waals surface area (Å²) < 4.78 is 0. The molecular formula is C46H30N4. The standard InChI is InChI=1S/C46H30N4/c1-2-10-40-37(7-1)27-43(42-12-4-3-11-41(40)42)33-17-23-36(24-18-33)46-49-44(34-19-13-31(14-20-34)38-8-5-25-47-29-38)28-45(50-46)35-21-15-32(16-22-35)39-9-6-26-48-30-39/h1-30H. The van der Waals surface area contributed by atoms with Crippen molar-refractivity contribution < 1.29 is 0 Å². The zero-order chi connectivity index (χ0) is 33.3. The Kier molecular flexibility index (Phi) is 7.45. The second-order valence-electron chi connectivity index (χ2n) is 12.4. The lowest BCUT2D eigenvalue weighted by Crippen LogP contribution is -1.96. The predicted molar refractivity (Wildman–Crippen MR) is 205 cm³/mol. The molecule has 6 aromatic carbocycles. The molecule has 0 amide bonds. The van der Waals surface area contributed by atoms with Gasteiger partial charge in [-0.05, 0) is 79.2 Å². The molecular weight excluding hydrogens is 609 g/mol. The number of nitrogens with zero attached hydrogens (tertiary/aromatic N) is 4. The molecule has 3 aromatic heterocycles. The molecule has 0 radical (unpaired) electrons. The van der Waals surface area contributed by atoms with Crippen LogP contribution in [0.4, 0.5) is 0 Å². The van der Waals surface area contributed by atoms with Gasteiger partial charge in [-0.1, -0.05) is 133 Å². The van der Waals surface area contributed by atoms with E-state index in [9.17, 15) is 0 Å². The molecule has 0 spiro atoms. The van der Waals surface area contributed by atoms with Crippen LogP contribution < -0.4 is 0 Å². The quantitative estimate of drug-likeness (QED) is 0.170. The van der Waals surface area contributed by atoms with Gasteiger partial charge in [-0.25, -0.2) is 9.97 Å². The molecule has 3 heterocycles. The van der Waals surface area contributed by atoms with Gasteiger partial charge in [-0.2, -0.15) is 0 Å². The number of aromatic nitrogens is 4. The maximum Gasteiger partial charge on any atom is 0.160 e. The lowest BCUT2D eigenvalue weighted by Gasteiger charge is -2.13. The zero-order valence-electron chi connectivity index (χ0n) is 27.1. The van der Waals surface area contributed by atoms with Crippen molar-refractivity contribution in [2.45, 2.75) is 0 Å². The van der Waals surface area contributed by atoms with E-state index in [-0.39, 0.29) is 0 Å². The first-order chi connectivity index (χ1) is 24.8. The van der Waals surface area contributed by atoms with Crippen molar-refractivity contribution in [2.24, 2.45) is 0 Å². The van der Waals surface area contributed by atoms with Gasteiger partial charge in [0, 0.05) is 41.5 Å². The molecule has 9 rings (SSSR count). The van der Waals surface area contributed by atoms with Crippen LogP contribution in [0.1, 0.15) is 0 Å². The predicted octanol–water partition coefficient (Wildman–Crippen LogP) is 11.6. The molecule has 0 bridgehead atoms. The third-order valence-electron chi connectivity index (χ3n) is 9.30. The number of fused-ring (bicyclic) bond motifs is 3. The van der Waals surface area contributed by atoms with Crippen LogP contribution in [0, 0.1) is 0 Å². The Labute approximate surface area is 290 Å². The summed E-state index contributed by atoms with van der Waals surface area (Å²) in [5, 5.41) is 5.00. The summed E-state index contributed by atoms with van der Waals surface area (Å²) in [4.78, 5) is 18.8. The lowest BCUT2D eigenvalue weighted by molar-refractivity contribution is 1.18. The fourth-order valence-corrected chi connectivity index (χ4v) is 6.70. The maximum atomic E-state index is 5.13. The van der Waals surface area contributed by atoms with Gasteiger partial charge < -0.3 is 0 Å². The van der Waals surface area contributed by atoms with E-state index >= 15 is 0 Å². The normalized spacial score (nSPS) is 11.2. The minimum atomic E-state index is 0.681. The highest BCUT2D eigenvalue weighted by atomic mass is 14.9. The van der Waals surface area contributed by atoms with Gasteiger partial charge in [-0.15, -0.1) is 0 Å². The molecule has 0 saturated heterocycles. The van der Waals surface area contributed by atoms with Crippen LogP contribution in [0.15, 0.2) is 183 Å². The summed E-state index contributed by atoms with van der Waals surface area (Å²) in [7, 11) is 0. The van der Waals surface area contributed by atoms with Gasteiger partial charge in [0.25, 0.3) is 0 Å². The summed E-state index contributed by atoms with van der Waals surface area (Å²) in [6.45, 7) is 0. The Morgan fingerprint density at radius 3 is 1.36 bits per heavy atom. The second kappa shape index (κ2) is 12.7. The van der Waals surface area contributed by atoms with Crippen molar-refractivity contribution in [3.05, 3.63) is 183 Å². The molecule has 0 atom stereocenters. The first-order valence-electron chi connectivity index (χ1n) is 16.7. The third kappa shape index (κ3) is 5.59. The zero-order valence-corrected chi connectivity index (χ0v) is 27.1. The number of hydrogen-bond acceptors (Lipinski definition) is 4. The van der Waals surface area contributed by atoms with Crippen LogP contribution in [-0.4, -0.2) is 19.9 Å². The van der Waals surface area contributed by atoms with E-state index < -0.39 is 0 Å². The number of benzene rings is 6. The molecule has 50 heavy (non-hydrogen) atoms. The van der Waals surface area contributed by atoms with E-state index in [1.807, 2.05) is 24.5 Å². The Morgan fingerprint density at radius 2 is 0.800 bits per heavy atom. The summed E-state index contributed by atoms with van der Waals surface area (Å²) in [5.41, 5.74) is 11.5. The van der Waals surface area contributed by atoms with E-state index in [1.165, 1.54) is 27.1 Å². The van der Waals surface area contributed by atoms with Gasteiger partial charge >= 0.3 is 0 Å². The van der Waals surface area contributed by atoms with Crippen molar-refractivity contribution in [3.8, 4) is 67.3 Å². The van der Waals surface area contributed by atoms with Gasteiger partial charge in [0.2, 0.25) is 0 Å². The molecule has 0 fully saturated rings. The first kappa shape index (κ1) is 29.4. The smallest absolute Gasteiger partial charge is 0.160 e. The highest BCUT2D eigenvalue weighted by Crippen LogP contribution is 2.36. The monoisotopic (exact) mass is 638 g/mol. The summed E-state index contributed by atoms with van der Waals surface area (Å²) in [5.74, 6) is 0.681. The minimum absolute atomic E-state index is 0.681. The van der Waals surface area contributed by atoms with Crippen LogP contribution in [0.5, 0.6) is 0 Å². The van der Waals surface area contributed by atoms with E-state index in [1.54, 1.807) is 12.4 Å². The molecule has 0 aliphatic rings. The van der Waals surface area contributed by atoms with Crippen LogP contribution in [0.25, 0.3) is 88.8 Å². The van der Waals surface area contributed by atoms with Gasteiger partial charge in [0.05, 0.1) is 11.4 Å². The van der Waals surface area contributed by atoms with Crippen LogP contribution in [-0.2, 0) is 0 Å². The Morgan fingerprint density at radius 1 is 0.320 bits per heavy atom. The summed E-state index contributed by atoms with van der Waals surface area (Å²) >= 11 is 0. The number of pyridine rings is 2. The highest BCUT2D eigenvalue weighted by Gasteiger charge is 2.13. The number of rotatable bonds is 6. The molecule has 234 valence electrons. The Hall–Kier alpha value is -6.78. The Balaban J connectivity index is 1.13. The molecule has 0 aliphatic heterocycles. The fraction of sp³-hybridized carbons (Fsp3) is 0. The number of hydrogen-bond donors (Lipinski definition) is 0. The molecule has 0 aliphatic carbocycles. The molecule has 0 N–H and O–H groups in total. The Bertz CT molecular complexity index is 2500. The van der Waals surface area contributed by atoms with Gasteiger partial charge in [0.1, 0.15) is 0 Å². The molecule has 4 nitrogen and oxygen atoms in total. The van der Waals surface area contributed by atoms with Crippen LogP contribution in [0.2, 0.25) is 0 Å². The van der Waals surface area contributed by atoms with E-state index in [2.05, 4.69) is 156 Å². The summed E-state index contributed by atoms with van der Waals surface area (Å²) in [6, 6.07) is 55.3. The van der Waals surface area contributed by atoms with Crippen molar-refractivity contribution >= 4 is 21.5 Å². The average Bonchev–Trinajstić information content (AvgIpc) is 3.21. The third-order valence-corrected chi connectivity index (χ3v) is 9.30. The fourth-order valence-electron chi connectivity index (χ4n) is 6.70. The van der Waals surface area contributed by atoms with E-state index in [4.69, 9.17) is 9.97 Å². The topological polar surface area (TPSA) is 51.6 Å². The molecule has 0 saturated carbocycles. The van der Waals surface area contributed by atoms with Crippen molar-refractivity contribution in [3.63, 3.8) is 0 Å². The lowest BCUT2D eigenvalue weighted by atomic mass is 9.93. The molecule has 4 heteroatoms. The van der Waals surface area contributed by atoms with Crippen molar-refractivity contribution in [1.82, 2.24) is 19.9 Å². The average molecular weight is 639 g/mol. The van der Waals surface area contributed by atoms with E-state index in [0.29, 0.717) is 5.82 Å². The largest absolute Gasteiger partial charge is 0.264 e. The first-order valence-corrected chi connectivity index (χ1v) is 16.7. The highest BCUT2D eigenvalue weighted by molar-refractivity contribution is 6.13.